The normalized spacial score (nSPS) is 21.6. The molecular formula is C16H13Cl2N. The molecule has 1 aromatic carbocycles. The second kappa shape index (κ2) is 5.28. The SMILES string of the molecule is ClC1=CC2=CN(c3ccccc3Cl)CC=CC2C=C1. The van der Waals surface area contributed by atoms with E-state index in [0.717, 1.165) is 22.3 Å². The molecule has 1 nitrogen and oxygen atoms in total. The van der Waals surface area contributed by atoms with Crippen molar-refractivity contribution < 1.29 is 0 Å². The van der Waals surface area contributed by atoms with Gasteiger partial charge in [-0.05, 0) is 29.9 Å². The van der Waals surface area contributed by atoms with Gasteiger partial charge in [-0.15, -0.1) is 0 Å². The number of para-hydroxylation sites is 1. The van der Waals surface area contributed by atoms with Gasteiger partial charge in [-0.1, -0.05) is 53.6 Å². The molecule has 0 bridgehead atoms. The molecule has 1 atom stereocenters. The number of allylic oxidation sites excluding steroid dienone is 6. The number of benzene rings is 1. The lowest BCUT2D eigenvalue weighted by Crippen LogP contribution is -2.16. The summed E-state index contributed by atoms with van der Waals surface area (Å²) in [5.74, 6) is 0.301. The first-order chi connectivity index (χ1) is 9.24. The maximum Gasteiger partial charge on any atom is 0.0643 e. The highest BCUT2D eigenvalue weighted by Crippen LogP contribution is 2.31. The average Bonchev–Trinajstić information content (AvgIpc) is 2.61. The number of halogens is 2. The van der Waals surface area contributed by atoms with Crippen LogP contribution in [0.5, 0.6) is 0 Å². The molecule has 0 aromatic heterocycles. The Morgan fingerprint density at radius 1 is 1.11 bits per heavy atom. The second-order valence-electron chi connectivity index (χ2n) is 4.58. The minimum absolute atomic E-state index is 0.301. The standard InChI is InChI=1S/C16H13Cl2N/c17-14-8-7-12-4-3-9-19(11-13(12)10-14)16-6-2-1-5-15(16)18/h1-8,10-12H,9H2. The topological polar surface area (TPSA) is 3.24 Å². The molecule has 2 aliphatic rings. The lowest BCUT2D eigenvalue weighted by atomic mass is 9.95. The molecule has 1 unspecified atom stereocenters. The predicted molar refractivity (Wildman–Crippen MR) is 82.6 cm³/mol. The Kier molecular flexibility index (Phi) is 3.50. The highest BCUT2D eigenvalue weighted by atomic mass is 35.5. The third-order valence-electron chi connectivity index (χ3n) is 3.26. The van der Waals surface area contributed by atoms with Crippen LogP contribution in [0.1, 0.15) is 0 Å². The number of anilines is 1. The van der Waals surface area contributed by atoms with Gasteiger partial charge in [0.15, 0.2) is 0 Å². The zero-order chi connectivity index (χ0) is 13.2. The number of fused-ring (bicyclic) bond motifs is 1. The molecule has 19 heavy (non-hydrogen) atoms. The summed E-state index contributed by atoms with van der Waals surface area (Å²) in [5, 5.41) is 1.52. The summed E-state index contributed by atoms with van der Waals surface area (Å²) < 4.78 is 0. The second-order valence-corrected chi connectivity index (χ2v) is 5.42. The highest BCUT2D eigenvalue weighted by Gasteiger charge is 2.16. The molecule has 0 fully saturated rings. The van der Waals surface area contributed by atoms with E-state index in [2.05, 4.69) is 29.3 Å². The van der Waals surface area contributed by atoms with Crippen LogP contribution in [0, 0.1) is 5.92 Å². The van der Waals surface area contributed by atoms with Gasteiger partial charge < -0.3 is 4.90 Å². The van der Waals surface area contributed by atoms with Crippen LogP contribution in [0.25, 0.3) is 0 Å². The zero-order valence-electron chi connectivity index (χ0n) is 10.3. The smallest absolute Gasteiger partial charge is 0.0643 e. The van der Waals surface area contributed by atoms with Crippen LogP contribution in [-0.2, 0) is 0 Å². The van der Waals surface area contributed by atoms with E-state index in [1.54, 1.807) is 0 Å². The van der Waals surface area contributed by atoms with E-state index in [0.29, 0.717) is 5.92 Å². The van der Waals surface area contributed by atoms with Gasteiger partial charge >= 0.3 is 0 Å². The first-order valence-electron chi connectivity index (χ1n) is 6.19. The number of hydrogen-bond donors (Lipinski definition) is 0. The van der Waals surface area contributed by atoms with Gasteiger partial charge in [0.05, 0.1) is 10.7 Å². The molecule has 0 spiro atoms. The van der Waals surface area contributed by atoms with Gasteiger partial charge in [-0.3, -0.25) is 0 Å². The van der Waals surface area contributed by atoms with Crippen molar-refractivity contribution in [3.8, 4) is 0 Å². The molecule has 1 aliphatic heterocycles. The maximum absolute atomic E-state index is 6.26. The first-order valence-corrected chi connectivity index (χ1v) is 6.94. The zero-order valence-corrected chi connectivity index (χ0v) is 11.8. The van der Waals surface area contributed by atoms with Crippen molar-refractivity contribution in [1.29, 1.82) is 0 Å². The summed E-state index contributed by atoms with van der Waals surface area (Å²) in [7, 11) is 0. The van der Waals surface area contributed by atoms with E-state index in [-0.39, 0.29) is 0 Å². The van der Waals surface area contributed by atoms with E-state index >= 15 is 0 Å². The first kappa shape index (κ1) is 12.6. The van der Waals surface area contributed by atoms with Gasteiger partial charge in [-0.25, -0.2) is 0 Å². The van der Waals surface area contributed by atoms with Crippen molar-refractivity contribution >= 4 is 28.9 Å². The molecule has 0 saturated heterocycles. The van der Waals surface area contributed by atoms with Gasteiger partial charge in [0, 0.05) is 23.7 Å². The van der Waals surface area contributed by atoms with Crippen LogP contribution in [0.4, 0.5) is 5.69 Å². The van der Waals surface area contributed by atoms with Gasteiger partial charge in [-0.2, -0.15) is 0 Å². The Balaban J connectivity index is 2.01. The fourth-order valence-electron chi connectivity index (χ4n) is 2.32. The van der Waals surface area contributed by atoms with Crippen LogP contribution >= 0.6 is 23.2 Å². The summed E-state index contributed by atoms with van der Waals surface area (Å²) in [6.45, 7) is 0.809. The van der Waals surface area contributed by atoms with Gasteiger partial charge in [0.1, 0.15) is 0 Å². The van der Waals surface area contributed by atoms with Crippen molar-refractivity contribution in [2.45, 2.75) is 0 Å². The molecule has 3 rings (SSSR count). The Bertz CT molecular complexity index is 611. The van der Waals surface area contributed by atoms with Gasteiger partial charge in [0.2, 0.25) is 0 Å². The summed E-state index contributed by atoms with van der Waals surface area (Å²) in [6.07, 6.45) is 12.5. The van der Waals surface area contributed by atoms with Crippen molar-refractivity contribution in [3.63, 3.8) is 0 Å². The van der Waals surface area contributed by atoms with Crippen molar-refractivity contribution in [2.75, 3.05) is 11.4 Å². The minimum Gasteiger partial charge on any atom is -0.343 e. The molecular weight excluding hydrogens is 277 g/mol. The van der Waals surface area contributed by atoms with E-state index < -0.39 is 0 Å². The Labute approximate surface area is 123 Å². The van der Waals surface area contributed by atoms with E-state index in [1.807, 2.05) is 36.4 Å². The van der Waals surface area contributed by atoms with Crippen LogP contribution in [0.2, 0.25) is 5.02 Å². The highest BCUT2D eigenvalue weighted by molar-refractivity contribution is 6.33. The van der Waals surface area contributed by atoms with E-state index in [1.165, 1.54) is 5.57 Å². The quantitative estimate of drug-likeness (QED) is 0.664. The van der Waals surface area contributed by atoms with Crippen LogP contribution in [-0.4, -0.2) is 6.54 Å². The number of rotatable bonds is 1. The molecule has 96 valence electrons. The summed E-state index contributed by atoms with van der Waals surface area (Å²) in [6, 6.07) is 7.87. The average molecular weight is 290 g/mol. The molecule has 1 aromatic rings. The predicted octanol–water partition coefficient (Wildman–Crippen LogP) is 4.91. The number of hydrogen-bond acceptors (Lipinski definition) is 1. The maximum atomic E-state index is 6.26. The molecule has 0 N–H and O–H groups in total. The lowest BCUT2D eigenvalue weighted by Gasteiger charge is -2.21. The molecule has 1 heterocycles. The summed E-state index contributed by atoms with van der Waals surface area (Å²) in [5.41, 5.74) is 2.20. The van der Waals surface area contributed by atoms with Crippen LogP contribution in [0.3, 0.4) is 0 Å². The Hall–Kier alpha value is -1.44. The monoisotopic (exact) mass is 289 g/mol. The van der Waals surface area contributed by atoms with Crippen LogP contribution in [0.15, 0.2) is 71.5 Å². The van der Waals surface area contributed by atoms with Gasteiger partial charge in [0.25, 0.3) is 0 Å². The van der Waals surface area contributed by atoms with Crippen LogP contribution < -0.4 is 4.90 Å². The van der Waals surface area contributed by atoms with Crippen molar-refractivity contribution in [2.24, 2.45) is 5.92 Å². The largest absolute Gasteiger partial charge is 0.343 e. The van der Waals surface area contributed by atoms with E-state index in [4.69, 9.17) is 23.2 Å². The fraction of sp³-hybridized carbons (Fsp3) is 0.125. The van der Waals surface area contributed by atoms with E-state index in [9.17, 15) is 0 Å². The third-order valence-corrected chi connectivity index (χ3v) is 3.82. The molecule has 0 saturated carbocycles. The van der Waals surface area contributed by atoms with Crippen molar-refractivity contribution in [1.82, 2.24) is 0 Å². The molecule has 0 amide bonds. The third kappa shape index (κ3) is 2.63. The fourth-order valence-corrected chi connectivity index (χ4v) is 2.76. The molecule has 3 heteroatoms. The Morgan fingerprint density at radius 3 is 2.79 bits per heavy atom. The minimum atomic E-state index is 0.301. The van der Waals surface area contributed by atoms with Crippen molar-refractivity contribution in [3.05, 3.63) is 76.5 Å². The lowest BCUT2D eigenvalue weighted by molar-refractivity contribution is 0.988. The molecule has 0 radical (unpaired) electrons. The number of nitrogens with zero attached hydrogens (tertiary/aromatic N) is 1. The summed E-state index contributed by atoms with van der Waals surface area (Å²) >= 11 is 12.3. The summed E-state index contributed by atoms with van der Waals surface area (Å²) in [4.78, 5) is 2.15. The molecule has 1 aliphatic carbocycles. The Morgan fingerprint density at radius 2 is 1.95 bits per heavy atom.